The van der Waals surface area contributed by atoms with Gasteiger partial charge in [-0.3, -0.25) is 9.48 Å². The van der Waals surface area contributed by atoms with Crippen molar-refractivity contribution in [1.82, 2.24) is 9.78 Å². The van der Waals surface area contributed by atoms with E-state index in [2.05, 4.69) is 44.2 Å². The Bertz CT molecular complexity index is 1260. The van der Waals surface area contributed by atoms with Gasteiger partial charge in [0, 0.05) is 18.0 Å². The number of rotatable bonds is 8. The first-order valence-corrected chi connectivity index (χ1v) is 10.7. The second-order valence-electron chi connectivity index (χ2n) is 8.13. The molecule has 0 amide bonds. The fourth-order valence-corrected chi connectivity index (χ4v) is 3.83. The Hall–Kier alpha value is -3.64. The lowest BCUT2D eigenvalue weighted by molar-refractivity contribution is -0.136. The van der Waals surface area contributed by atoms with E-state index in [4.69, 9.17) is 20.7 Å². The number of carboxylic acids is 1. The Morgan fingerprint density at radius 2 is 1.78 bits per heavy atom. The molecule has 4 aromatic rings. The zero-order chi connectivity index (χ0) is 22.7. The van der Waals surface area contributed by atoms with E-state index in [0.717, 1.165) is 33.3 Å². The summed E-state index contributed by atoms with van der Waals surface area (Å²) in [6, 6.07) is 22.0. The number of nitrogens with two attached hydrogens (primary N) is 1. The topological polar surface area (TPSA) is 90.4 Å². The second-order valence-corrected chi connectivity index (χ2v) is 8.13. The zero-order valence-electron chi connectivity index (χ0n) is 18.3. The van der Waals surface area contributed by atoms with Crippen molar-refractivity contribution in [3.63, 3.8) is 0 Å². The Balaban J connectivity index is 1.68. The lowest BCUT2D eigenvalue weighted by Crippen LogP contribution is -2.04. The third-order valence-electron chi connectivity index (χ3n) is 5.40. The van der Waals surface area contributed by atoms with Gasteiger partial charge in [-0.15, -0.1) is 0 Å². The third-order valence-corrected chi connectivity index (χ3v) is 5.40. The maximum absolute atomic E-state index is 11.0. The highest BCUT2D eigenvalue weighted by atomic mass is 16.5. The number of carbonyl (C=O) groups is 1. The average Bonchev–Trinajstić information content (AvgIpc) is 3.16. The molecule has 0 radical (unpaired) electrons. The van der Waals surface area contributed by atoms with Gasteiger partial charge in [-0.05, 0) is 66.4 Å². The fourth-order valence-electron chi connectivity index (χ4n) is 3.83. The lowest BCUT2D eigenvalue weighted by atomic mass is 10.0. The lowest BCUT2D eigenvalue weighted by Gasteiger charge is -2.08. The number of fused-ring (bicyclic) bond motifs is 1. The Labute approximate surface area is 187 Å². The van der Waals surface area contributed by atoms with Gasteiger partial charge in [0.1, 0.15) is 18.1 Å². The molecular formula is C26H27N3O3. The summed E-state index contributed by atoms with van der Waals surface area (Å²) in [4.78, 5) is 11.0. The molecule has 0 aliphatic rings. The molecule has 164 valence electrons. The van der Waals surface area contributed by atoms with Gasteiger partial charge in [0.2, 0.25) is 0 Å². The predicted octanol–water partition coefficient (Wildman–Crippen LogP) is 4.95. The normalized spacial score (nSPS) is 11.2. The van der Waals surface area contributed by atoms with Crippen LogP contribution in [0.1, 0.15) is 36.7 Å². The van der Waals surface area contributed by atoms with Crippen molar-refractivity contribution >= 4 is 16.9 Å². The molecule has 0 aliphatic heterocycles. The number of hydrogen-bond acceptors (Lipinski definition) is 4. The summed E-state index contributed by atoms with van der Waals surface area (Å²) < 4.78 is 8.02. The molecule has 0 atom stereocenters. The van der Waals surface area contributed by atoms with E-state index in [1.54, 1.807) is 18.2 Å². The fraction of sp³-hybridized carbons (Fsp3) is 0.231. The minimum absolute atomic E-state index is 0.0344. The number of aromatic nitrogens is 2. The molecule has 0 fully saturated rings. The monoisotopic (exact) mass is 429 g/mol. The summed E-state index contributed by atoms with van der Waals surface area (Å²) in [5.74, 6) is -0.238. The third kappa shape index (κ3) is 4.65. The summed E-state index contributed by atoms with van der Waals surface area (Å²) in [5, 5.41) is 14.9. The van der Waals surface area contributed by atoms with E-state index in [1.165, 1.54) is 0 Å². The minimum Gasteiger partial charge on any atom is -0.487 e. The van der Waals surface area contributed by atoms with Gasteiger partial charge in [0.15, 0.2) is 0 Å². The largest absolute Gasteiger partial charge is 0.487 e. The number of benzene rings is 3. The first kappa shape index (κ1) is 21.6. The Kier molecular flexibility index (Phi) is 6.23. The van der Waals surface area contributed by atoms with Gasteiger partial charge >= 0.3 is 5.97 Å². The number of carboxylic acid groups (broad SMARTS) is 1. The first-order valence-electron chi connectivity index (χ1n) is 10.7. The van der Waals surface area contributed by atoms with Crippen LogP contribution in [0.3, 0.4) is 0 Å². The predicted molar refractivity (Wildman–Crippen MR) is 126 cm³/mol. The van der Waals surface area contributed by atoms with Crippen LogP contribution in [0, 0.1) is 0 Å². The van der Waals surface area contributed by atoms with E-state index in [1.807, 2.05) is 22.9 Å². The summed E-state index contributed by atoms with van der Waals surface area (Å²) in [5.41, 5.74) is 11.7. The summed E-state index contributed by atoms with van der Waals surface area (Å²) in [6.45, 7) is 5.00. The maximum atomic E-state index is 11.0. The van der Waals surface area contributed by atoms with Crippen molar-refractivity contribution < 1.29 is 14.6 Å². The molecule has 0 saturated carbocycles. The standard InChI is InChI=1S/C26H27N3O3/c1-17(2)29-25-10-9-21(20-7-3-6-19(11-20)15-27)14-23(25)24(28-29)16-32-22-8-4-5-18(12-22)13-26(30)31/h3-12,14,17H,13,15-16,27H2,1-2H3,(H,30,31). The molecule has 1 heterocycles. The minimum atomic E-state index is -0.866. The summed E-state index contributed by atoms with van der Waals surface area (Å²) in [7, 11) is 0. The van der Waals surface area contributed by atoms with Crippen LogP contribution in [0.25, 0.3) is 22.0 Å². The van der Waals surface area contributed by atoms with Crippen LogP contribution in [-0.2, 0) is 24.4 Å². The number of aliphatic carboxylic acids is 1. The first-order chi connectivity index (χ1) is 15.4. The average molecular weight is 430 g/mol. The highest BCUT2D eigenvalue weighted by molar-refractivity contribution is 5.87. The Morgan fingerprint density at radius 1 is 1.03 bits per heavy atom. The van der Waals surface area contributed by atoms with Crippen LogP contribution < -0.4 is 10.5 Å². The number of ether oxygens (including phenoxy) is 1. The molecule has 6 nitrogen and oxygen atoms in total. The molecule has 4 rings (SSSR count). The maximum Gasteiger partial charge on any atom is 0.307 e. The quantitative estimate of drug-likeness (QED) is 0.414. The molecule has 32 heavy (non-hydrogen) atoms. The van der Waals surface area contributed by atoms with E-state index in [9.17, 15) is 4.79 Å². The van der Waals surface area contributed by atoms with Crippen LogP contribution in [0.2, 0.25) is 0 Å². The second kappa shape index (κ2) is 9.24. The van der Waals surface area contributed by atoms with Crippen LogP contribution in [-0.4, -0.2) is 20.9 Å². The Morgan fingerprint density at radius 3 is 2.53 bits per heavy atom. The van der Waals surface area contributed by atoms with Crippen molar-refractivity contribution in [3.05, 3.63) is 83.6 Å². The highest BCUT2D eigenvalue weighted by Gasteiger charge is 2.15. The smallest absolute Gasteiger partial charge is 0.307 e. The molecule has 0 aliphatic carbocycles. The van der Waals surface area contributed by atoms with Gasteiger partial charge < -0.3 is 15.6 Å². The van der Waals surface area contributed by atoms with Crippen LogP contribution >= 0.6 is 0 Å². The molecular weight excluding hydrogens is 402 g/mol. The molecule has 0 spiro atoms. The SMILES string of the molecule is CC(C)n1nc(COc2cccc(CC(=O)O)c2)c2cc(-c3cccc(CN)c3)ccc21. The summed E-state index contributed by atoms with van der Waals surface area (Å²) in [6.07, 6.45) is -0.0344. The van der Waals surface area contributed by atoms with Gasteiger partial charge in [-0.2, -0.15) is 5.10 Å². The van der Waals surface area contributed by atoms with E-state index < -0.39 is 5.97 Å². The van der Waals surface area contributed by atoms with Gasteiger partial charge in [0.25, 0.3) is 0 Å². The molecule has 1 aromatic heterocycles. The van der Waals surface area contributed by atoms with Crippen molar-refractivity contribution in [2.45, 2.75) is 39.5 Å². The van der Waals surface area contributed by atoms with Crippen molar-refractivity contribution in [2.75, 3.05) is 0 Å². The zero-order valence-corrected chi connectivity index (χ0v) is 18.3. The van der Waals surface area contributed by atoms with Crippen LogP contribution in [0.5, 0.6) is 5.75 Å². The summed E-state index contributed by atoms with van der Waals surface area (Å²) >= 11 is 0. The van der Waals surface area contributed by atoms with Crippen molar-refractivity contribution in [1.29, 1.82) is 0 Å². The molecule has 0 unspecified atom stereocenters. The van der Waals surface area contributed by atoms with Gasteiger partial charge in [-0.25, -0.2) is 0 Å². The van der Waals surface area contributed by atoms with E-state index >= 15 is 0 Å². The molecule has 0 bridgehead atoms. The van der Waals surface area contributed by atoms with Crippen LogP contribution in [0.15, 0.2) is 66.7 Å². The molecule has 3 N–H and O–H groups in total. The van der Waals surface area contributed by atoms with E-state index in [-0.39, 0.29) is 12.5 Å². The van der Waals surface area contributed by atoms with Crippen LogP contribution in [0.4, 0.5) is 0 Å². The molecule has 0 saturated heterocycles. The van der Waals surface area contributed by atoms with Gasteiger partial charge in [0.05, 0.1) is 11.9 Å². The van der Waals surface area contributed by atoms with Crippen molar-refractivity contribution in [3.8, 4) is 16.9 Å². The van der Waals surface area contributed by atoms with Gasteiger partial charge in [-0.1, -0.05) is 36.4 Å². The van der Waals surface area contributed by atoms with E-state index in [0.29, 0.717) is 24.5 Å². The number of nitrogens with zero attached hydrogens (tertiary/aromatic N) is 2. The molecule has 6 heteroatoms. The number of hydrogen-bond donors (Lipinski definition) is 2. The van der Waals surface area contributed by atoms with Crippen molar-refractivity contribution in [2.24, 2.45) is 5.73 Å². The molecule has 3 aromatic carbocycles. The highest BCUT2D eigenvalue weighted by Crippen LogP contribution is 2.29.